The van der Waals surface area contributed by atoms with E-state index in [1.54, 1.807) is 12.1 Å². The van der Waals surface area contributed by atoms with E-state index in [1.165, 1.54) is 44.2 Å². The highest BCUT2D eigenvalue weighted by Crippen LogP contribution is 2.14. The number of carbonyl (C=O) groups is 2. The maximum Gasteiger partial charge on any atom is 0.317 e. The van der Waals surface area contributed by atoms with Crippen LogP contribution in [0.1, 0.15) is 42.5 Å². The van der Waals surface area contributed by atoms with Gasteiger partial charge in [0.2, 0.25) is 0 Å². The van der Waals surface area contributed by atoms with E-state index >= 15 is 0 Å². The molecule has 0 unspecified atom stereocenters. The first-order chi connectivity index (χ1) is 9.99. The largest absolute Gasteiger partial charge is 0.508 e. The number of aromatic hydroxyl groups is 1. The van der Waals surface area contributed by atoms with Gasteiger partial charge in [0.15, 0.2) is 0 Å². The van der Waals surface area contributed by atoms with E-state index in [4.69, 9.17) is 15.9 Å². The zero-order valence-corrected chi connectivity index (χ0v) is 12.1. The molecule has 0 bridgehead atoms. The molecule has 0 radical (unpaired) electrons. The van der Waals surface area contributed by atoms with Crippen molar-refractivity contribution in [2.45, 2.75) is 38.1 Å². The lowest BCUT2D eigenvalue weighted by molar-refractivity contribution is -0.135. The van der Waals surface area contributed by atoms with Gasteiger partial charge in [-0.25, -0.2) is 0 Å². The summed E-state index contributed by atoms with van der Waals surface area (Å²) >= 11 is 0. The molecule has 1 aromatic rings. The fourth-order valence-corrected chi connectivity index (χ4v) is 1.69. The first kappa shape index (κ1) is 19.1. The smallest absolute Gasteiger partial charge is 0.317 e. The van der Waals surface area contributed by atoms with Crippen molar-refractivity contribution in [2.75, 3.05) is 6.54 Å². The molecule has 0 aromatic heterocycles. The number of rotatable bonds is 2. The average molecular weight is 296 g/mol. The Morgan fingerprint density at radius 1 is 1.19 bits per heavy atom. The molecule has 1 fully saturated rings. The summed E-state index contributed by atoms with van der Waals surface area (Å²) in [5.74, 6) is -0.786. The third-order valence-electron chi connectivity index (χ3n) is 2.85. The van der Waals surface area contributed by atoms with Gasteiger partial charge in [0.05, 0.1) is 6.54 Å². The van der Waals surface area contributed by atoms with Crippen molar-refractivity contribution in [1.82, 2.24) is 0 Å². The van der Waals surface area contributed by atoms with Crippen LogP contribution in [0.5, 0.6) is 5.75 Å². The summed E-state index contributed by atoms with van der Waals surface area (Å²) in [4.78, 5) is 19.3. The second-order valence-electron chi connectivity index (χ2n) is 4.71. The minimum Gasteiger partial charge on any atom is -0.508 e. The van der Waals surface area contributed by atoms with Crippen LogP contribution in [0, 0.1) is 0 Å². The number of carboxylic acids is 1. The summed E-state index contributed by atoms with van der Waals surface area (Å²) < 4.78 is 0. The lowest BCUT2D eigenvalue weighted by Crippen LogP contribution is -2.22. The molecule has 1 aromatic carbocycles. The molecule has 0 heterocycles. The van der Waals surface area contributed by atoms with Gasteiger partial charge in [-0.3, -0.25) is 9.59 Å². The van der Waals surface area contributed by atoms with E-state index < -0.39 is 5.97 Å². The number of hydrogen-bond acceptors (Lipinski definition) is 5. The monoisotopic (exact) mass is 296 g/mol. The summed E-state index contributed by atoms with van der Waals surface area (Å²) in [7, 11) is 0. The fourth-order valence-electron chi connectivity index (χ4n) is 1.69. The van der Waals surface area contributed by atoms with Gasteiger partial charge in [-0.15, -0.1) is 0 Å². The number of phenols is 1. The van der Waals surface area contributed by atoms with Crippen molar-refractivity contribution < 1.29 is 19.8 Å². The first-order valence-electron chi connectivity index (χ1n) is 6.91. The average Bonchev–Trinajstić information content (AvgIpc) is 2.50. The van der Waals surface area contributed by atoms with E-state index in [2.05, 4.69) is 5.73 Å². The van der Waals surface area contributed by atoms with Crippen LogP contribution in [0.2, 0.25) is 0 Å². The summed E-state index contributed by atoms with van der Waals surface area (Å²) in [6, 6.07) is 6.60. The Morgan fingerprint density at radius 3 is 1.95 bits per heavy atom. The Labute approximate surface area is 124 Å². The second kappa shape index (κ2) is 11.9. The first-order valence-corrected chi connectivity index (χ1v) is 6.91. The van der Waals surface area contributed by atoms with Crippen molar-refractivity contribution in [2.24, 2.45) is 11.5 Å². The molecule has 0 spiro atoms. The maximum atomic E-state index is 10.0. The fraction of sp³-hybridized carbons (Fsp3) is 0.467. The van der Waals surface area contributed by atoms with Crippen LogP contribution in [-0.2, 0) is 4.79 Å². The highest BCUT2D eigenvalue weighted by Gasteiger charge is 2.06. The Morgan fingerprint density at radius 2 is 1.67 bits per heavy atom. The number of aliphatic carboxylic acids is 1. The van der Waals surface area contributed by atoms with Gasteiger partial charge < -0.3 is 21.7 Å². The van der Waals surface area contributed by atoms with Crippen LogP contribution >= 0.6 is 0 Å². The zero-order chi connectivity index (χ0) is 16.1. The topological polar surface area (TPSA) is 127 Å². The molecule has 21 heavy (non-hydrogen) atoms. The number of phenolic OH excluding ortho intramolecular Hbond substituents is 1. The number of nitrogens with two attached hydrogens (primary N) is 2. The molecule has 0 aliphatic heterocycles. The van der Waals surface area contributed by atoms with E-state index in [-0.39, 0.29) is 12.3 Å². The van der Waals surface area contributed by atoms with Crippen LogP contribution in [0.25, 0.3) is 0 Å². The molecule has 6 heteroatoms. The Kier molecular flexibility index (Phi) is 10.8. The Balaban J connectivity index is 0.000000300. The summed E-state index contributed by atoms with van der Waals surface area (Å²) in [6.45, 7) is -0.278. The highest BCUT2D eigenvalue weighted by molar-refractivity contribution is 5.74. The number of carbonyl (C=O) groups excluding carboxylic acids is 1. The zero-order valence-electron chi connectivity index (χ0n) is 12.1. The molecule has 1 aliphatic carbocycles. The summed E-state index contributed by atoms with van der Waals surface area (Å²) in [6.07, 6.45) is 7.40. The summed E-state index contributed by atoms with van der Waals surface area (Å²) in [5, 5.41) is 16.3. The molecule has 1 aliphatic rings. The van der Waals surface area contributed by atoms with Gasteiger partial charge in [0, 0.05) is 11.6 Å². The third kappa shape index (κ3) is 11.6. The molecular formula is C15H24N2O4. The van der Waals surface area contributed by atoms with Crippen molar-refractivity contribution in [3.05, 3.63) is 29.8 Å². The van der Waals surface area contributed by atoms with Gasteiger partial charge in [-0.2, -0.15) is 0 Å². The van der Waals surface area contributed by atoms with E-state index in [0.29, 0.717) is 11.6 Å². The SMILES string of the molecule is NC1CCCCC1.NCC(=O)O.O=Cc1ccc(O)cc1. The molecule has 2 rings (SSSR count). The lowest BCUT2D eigenvalue weighted by atomic mass is 9.97. The molecule has 0 amide bonds. The number of aldehydes is 1. The molecule has 1 saturated carbocycles. The number of carboxylic acid groups (broad SMARTS) is 1. The Bertz CT molecular complexity index is 401. The third-order valence-corrected chi connectivity index (χ3v) is 2.85. The van der Waals surface area contributed by atoms with Crippen molar-refractivity contribution >= 4 is 12.3 Å². The van der Waals surface area contributed by atoms with Gasteiger partial charge in [0.1, 0.15) is 12.0 Å². The predicted octanol–water partition coefficient (Wildman–Crippen LogP) is 1.51. The molecular weight excluding hydrogens is 272 g/mol. The quantitative estimate of drug-likeness (QED) is 0.613. The van der Waals surface area contributed by atoms with E-state index in [1.807, 2.05) is 0 Å². The minimum absolute atomic E-state index is 0.181. The molecule has 118 valence electrons. The highest BCUT2D eigenvalue weighted by atomic mass is 16.4. The van der Waals surface area contributed by atoms with Crippen molar-refractivity contribution in [3.8, 4) is 5.75 Å². The predicted molar refractivity (Wildman–Crippen MR) is 81.2 cm³/mol. The summed E-state index contributed by atoms with van der Waals surface area (Å²) in [5.41, 5.74) is 10.8. The van der Waals surface area contributed by atoms with Crippen molar-refractivity contribution in [3.63, 3.8) is 0 Å². The van der Waals surface area contributed by atoms with Crippen LogP contribution in [-0.4, -0.2) is 35.1 Å². The molecule has 6 nitrogen and oxygen atoms in total. The van der Waals surface area contributed by atoms with Gasteiger partial charge in [-0.1, -0.05) is 19.3 Å². The van der Waals surface area contributed by atoms with Crippen LogP contribution in [0.3, 0.4) is 0 Å². The Hall–Kier alpha value is -1.92. The van der Waals surface area contributed by atoms with Crippen LogP contribution in [0.4, 0.5) is 0 Å². The van der Waals surface area contributed by atoms with Gasteiger partial charge in [0.25, 0.3) is 0 Å². The standard InChI is InChI=1S/C7H6O2.C6H13N.C2H5NO2/c8-5-6-1-3-7(9)4-2-6;7-6-4-2-1-3-5-6;3-1-2(4)5/h1-5,9H;6H,1-5,7H2;1,3H2,(H,4,5). The molecule has 0 atom stereocenters. The number of benzene rings is 1. The van der Waals surface area contributed by atoms with Gasteiger partial charge in [-0.05, 0) is 37.1 Å². The van der Waals surface area contributed by atoms with Crippen LogP contribution in [0.15, 0.2) is 24.3 Å². The van der Waals surface area contributed by atoms with Gasteiger partial charge >= 0.3 is 5.97 Å². The minimum atomic E-state index is -0.968. The van der Waals surface area contributed by atoms with E-state index in [9.17, 15) is 9.59 Å². The maximum absolute atomic E-state index is 10.0. The molecule has 0 saturated heterocycles. The molecule has 6 N–H and O–H groups in total. The van der Waals surface area contributed by atoms with Crippen molar-refractivity contribution in [1.29, 1.82) is 0 Å². The second-order valence-corrected chi connectivity index (χ2v) is 4.71. The van der Waals surface area contributed by atoms with E-state index in [0.717, 1.165) is 6.29 Å². The number of hydrogen-bond donors (Lipinski definition) is 4. The normalized spacial score (nSPS) is 14.0. The lowest BCUT2D eigenvalue weighted by Gasteiger charge is -2.15. The van der Waals surface area contributed by atoms with Crippen LogP contribution < -0.4 is 11.5 Å².